The maximum atomic E-state index is 10.6. The van der Waals surface area contributed by atoms with E-state index in [4.69, 9.17) is 4.98 Å². The zero-order valence-corrected chi connectivity index (χ0v) is 14.8. The van der Waals surface area contributed by atoms with Crippen molar-refractivity contribution in [3.05, 3.63) is 48.3 Å². The van der Waals surface area contributed by atoms with E-state index in [2.05, 4.69) is 39.7 Å². The summed E-state index contributed by atoms with van der Waals surface area (Å²) in [7, 11) is 4.02. The molecule has 0 saturated carbocycles. The van der Waals surface area contributed by atoms with Gasteiger partial charge in [-0.1, -0.05) is 12.1 Å². The fourth-order valence-corrected chi connectivity index (χ4v) is 3.84. The highest BCUT2D eigenvalue weighted by Crippen LogP contribution is 2.30. The highest BCUT2D eigenvalue weighted by Gasteiger charge is 2.28. The Hall–Kier alpha value is -2.18. The summed E-state index contributed by atoms with van der Waals surface area (Å²) in [6.45, 7) is 2.82. The molecule has 3 heterocycles. The van der Waals surface area contributed by atoms with Crippen LogP contribution in [0.2, 0.25) is 0 Å². The number of fused-ring (bicyclic) bond motifs is 1. The van der Waals surface area contributed by atoms with E-state index in [-0.39, 0.29) is 5.92 Å². The third-order valence-corrected chi connectivity index (χ3v) is 5.45. The molecule has 1 aliphatic heterocycles. The van der Waals surface area contributed by atoms with E-state index in [0.717, 1.165) is 49.6 Å². The Kier molecular flexibility index (Phi) is 4.31. The lowest BCUT2D eigenvalue weighted by Gasteiger charge is -2.33. The predicted octanol–water partition coefficient (Wildman–Crippen LogP) is 2.25. The van der Waals surface area contributed by atoms with Gasteiger partial charge in [0.1, 0.15) is 17.8 Å². The van der Waals surface area contributed by atoms with Gasteiger partial charge in [0.25, 0.3) is 0 Å². The molecular formula is C19H25N5O. The second-order valence-electron chi connectivity index (χ2n) is 7.03. The number of aliphatic hydroxyl groups is 1. The first-order valence-electron chi connectivity index (χ1n) is 8.91. The van der Waals surface area contributed by atoms with Gasteiger partial charge in [0.05, 0.1) is 17.6 Å². The van der Waals surface area contributed by atoms with E-state index in [1.807, 2.05) is 23.9 Å². The van der Waals surface area contributed by atoms with Crippen LogP contribution in [0.3, 0.4) is 0 Å². The molecule has 1 saturated heterocycles. The van der Waals surface area contributed by atoms with E-state index < -0.39 is 6.10 Å². The van der Waals surface area contributed by atoms with Crippen LogP contribution in [0.25, 0.3) is 11.0 Å². The van der Waals surface area contributed by atoms with Gasteiger partial charge in [-0.3, -0.25) is 4.90 Å². The fourth-order valence-electron chi connectivity index (χ4n) is 3.84. The number of hydrogen-bond acceptors (Lipinski definition) is 4. The second kappa shape index (κ2) is 6.61. The van der Waals surface area contributed by atoms with Crippen LogP contribution in [-0.4, -0.2) is 42.2 Å². The Labute approximate surface area is 147 Å². The molecule has 1 aromatic carbocycles. The SMILES string of the molecule is Cn1ccnc1[C@H](O)C1CCN(Cc2nc3ccccc3n2C)CC1. The number of imidazole rings is 2. The summed E-state index contributed by atoms with van der Waals surface area (Å²) < 4.78 is 4.10. The minimum Gasteiger partial charge on any atom is -0.385 e. The second-order valence-corrected chi connectivity index (χ2v) is 7.03. The minimum atomic E-state index is -0.474. The Morgan fingerprint density at radius 2 is 1.96 bits per heavy atom. The van der Waals surface area contributed by atoms with Gasteiger partial charge < -0.3 is 14.2 Å². The Bertz CT molecular complexity index is 860. The van der Waals surface area contributed by atoms with E-state index >= 15 is 0 Å². The van der Waals surface area contributed by atoms with Crippen LogP contribution in [0, 0.1) is 5.92 Å². The molecule has 1 atom stereocenters. The van der Waals surface area contributed by atoms with Crippen LogP contribution in [0.15, 0.2) is 36.7 Å². The smallest absolute Gasteiger partial charge is 0.137 e. The highest BCUT2D eigenvalue weighted by molar-refractivity contribution is 5.75. The number of aryl methyl sites for hydroxylation is 2. The van der Waals surface area contributed by atoms with E-state index in [1.54, 1.807) is 6.20 Å². The van der Waals surface area contributed by atoms with Gasteiger partial charge >= 0.3 is 0 Å². The molecule has 0 spiro atoms. The largest absolute Gasteiger partial charge is 0.385 e. The third-order valence-electron chi connectivity index (χ3n) is 5.45. The summed E-state index contributed by atoms with van der Waals surface area (Å²) in [5.41, 5.74) is 2.23. The fraction of sp³-hybridized carbons (Fsp3) is 0.474. The zero-order chi connectivity index (χ0) is 17.4. The van der Waals surface area contributed by atoms with Gasteiger partial charge in [0.2, 0.25) is 0 Å². The molecule has 1 fully saturated rings. The molecule has 0 radical (unpaired) electrons. The number of hydrogen-bond donors (Lipinski definition) is 1. The van der Waals surface area contributed by atoms with E-state index in [0.29, 0.717) is 0 Å². The van der Waals surface area contributed by atoms with Gasteiger partial charge in [-0.25, -0.2) is 9.97 Å². The van der Waals surface area contributed by atoms with Crippen molar-refractivity contribution < 1.29 is 5.11 Å². The average Bonchev–Trinajstić information content (AvgIpc) is 3.19. The summed E-state index contributed by atoms with van der Waals surface area (Å²) in [4.78, 5) is 11.5. The number of aromatic nitrogens is 4. The van der Waals surface area contributed by atoms with Gasteiger partial charge in [-0.05, 0) is 44.0 Å². The van der Waals surface area contributed by atoms with Gasteiger partial charge in [0, 0.05) is 26.5 Å². The number of benzene rings is 1. The summed E-state index contributed by atoms with van der Waals surface area (Å²) in [6.07, 6.45) is 5.13. The first kappa shape index (κ1) is 16.3. The summed E-state index contributed by atoms with van der Waals surface area (Å²) in [5, 5.41) is 10.6. The molecule has 0 amide bonds. The molecule has 3 aromatic rings. The van der Waals surface area contributed by atoms with Gasteiger partial charge in [0.15, 0.2) is 0 Å². The van der Waals surface area contributed by atoms with Crippen LogP contribution in [0.1, 0.15) is 30.6 Å². The van der Waals surface area contributed by atoms with Gasteiger partial charge in [-0.15, -0.1) is 0 Å². The van der Waals surface area contributed by atoms with Crippen molar-refractivity contribution >= 4 is 11.0 Å². The summed E-state index contributed by atoms with van der Waals surface area (Å²) in [6, 6.07) is 8.26. The van der Waals surface area contributed by atoms with Crippen LogP contribution >= 0.6 is 0 Å². The lowest BCUT2D eigenvalue weighted by Crippen LogP contribution is -2.36. The third kappa shape index (κ3) is 3.07. The molecule has 6 nitrogen and oxygen atoms in total. The van der Waals surface area contributed by atoms with Crippen molar-refractivity contribution in [3.8, 4) is 0 Å². The number of likely N-dealkylation sites (tertiary alicyclic amines) is 1. The Morgan fingerprint density at radius 3 is 2.64 bits per heavy atom. The topological polar surface area (TPSA) is 59.1 Å². The number of para-hydroxylation sites is 2. The summed E-state index contributed by atoms with van der Waals surface area (Å²) >= 11 is 0. The normalized spacial score (nSPS) is 18.0. The highest BCUT2D eigenvalue weighted by atomic mass is 16.3. The monoisotopic (exact) mass is 339 g/mol. The maximum Gasteiger partial charge on any atom is 0.137 e. The molecule has 0 unspecified atom stereocenters. The molecule has 4 rings (SSSR count). The van der Waals surface area contributed by atoms with Crippen molar-refractivity contribution in [1.82, 2.24) is 24.0 Å². The van der Waals surface area contributed by atoms with Crippen molar-refractivity contribution in [3.63, 3.8) is 0 Å². The van der Waals surface area contributed by atoms with Gasteiger partial charge in [-0.2, -0.15) is 0 Å². The van der Waals surface area contributed by atoms with Crippen molar-refractivity contribution in [2.45, 2.75) is 25.5 Å². The number of rotatable bonds is 4. The molecule has 0 bridgehead atoms. The predicted molar refractivity (Wildman–Crippen MR) is 96.9 cm³/mol. The van der Waals surface area contributed by atoms with Crippen LogP contribution in [0.5, 0.6) is 0 Å². The average molecular weight is 339 g/mol. The van der Waals surface area contributed by atoms with Crippen molar-refractivity contribution in [1.29, 1.82) is 0 Å². The molecule has 2 aromatic heterocycles. The molecule has 25 heavy (non-hydrogen) atoms. The summed E-state index contributed by atoms with van der Waals surface area (Å²) in [5.74, 6) is 2.15. The molecule has 1 N–H and O–H groups in total. The quantitative estimate of drug-likeness (QED) is 0.792. The lowest BCUT2D eigenvalue weighted by atomic mass is 9.90. The molecule has 132 valence electrons. The molecule has 1 aliphatic rings. The number of nitrogens with zero attached hydrogens (tertiary/aromatic N) is 5. The molecule has 0 aliphatic carbocycles. The van der Waals surface area contributed by atoms with Crippen molar-refractivity contribution in [2.75, 3.05) is 13.1 Å². The Morgan fingerprint density at radius 1 is 1.20 bits per heavy atom. The van der Waals surface area contributed by atoms with E-state index in [1.165, 1.54) is 5.52 Å². The first-order chi connectivity index (χ1) is 12.1. The molecule has 6 heteroatoms. The first-order valence-corrected chi connectivity index (χ1v) is 8.91. The number of aliphatic hydroxyl groups excluding tert-OH is 1. The van der Waals surface area contributed by atoms with Crippen LogP contribution in [-0.2, 0) is 20.6 Å². The minimum absolute atomic E-state index is 0.276. The van der Waals surface area contributed by atoms with Crippen LogP contribution in [0.4, 0.5) is 0 Å². The van der Waals surface area contributed by atoms with E-state index in [9.17, 15) is 5.11 Å². The standard InChI is InChI=1S/C19H25N5O/c1-22-12-9-20-19(22)18(25)14-7-10-24(11-8-14)13-17-21-15-5-3-4-6-16(15)23(17)2/h3-6,9,12,14,18,25H,7-8,10-11,13H2,1-2H3/t18-/m1/s1. The van der Waals surface area contributed by atoms with Crippen molar-refractivity contribution in [2.24, 2.45) is 20.0 Å². The lowest BCUT2D eigenvalue weighted by molar-refractivity contribution is 0.0484. The maximum absolute atomic E-state index is 10.6. The van der Waals surface area contributed by atoms with Crippen LogP contribution < -0.4 is 0 Å². The number of piperidine rings is 1. The zero-order valence-electron chi connectivity index (χ0n) is 14.8. The molecular weight excluding hydrogens is 314 g/mol. The Balaban J connectivity index is 1.40.